The van der Waals surface area contributed by atoms with E-state index in [9.17, 15) is 0 Å². The lowest BCUT2D eigenvalue weighted by molar-refractivity contribution is 0.194. The predicted octanol–water partition coefficient (Wildman–Crippen LogP) is 0.644. The van der Waals surface area contributed by atoms with Gasteiger partial charge in [0.25, 0.3) is 0 Å². The molecule has 0 radical (unpaired) electrons. The summed E-state index contributed by atoms with van der Waals surface area (Å²) in [6.07, 6.45) is 2.27. The first-order valence-electron chi connectivity index (χ1n) is 7.08. The lowest BCUT2D eigenvalue weighted by Crippen LogP contribution is -2.42. The Morgan fingerprint density at radius 3 is 2.85 bits per heavy atom. The number of hydrogen-bond acceptors (Lipinski definition) is 5. The van der Waals surface area contributed by atoms with Gasteiger partial charge in [-0.25, -0.2) is 4.68 Å². The number of rotatable bonds is 4. The molecule has 2 aromatic rings. The number of tetrazole rings is 1. The van der Waals surface area contributed by atoms with Gasteiger partial charge in [-0.05, 0) is 35.4 Å². The van der Waals surface area contributed by atoms with Gasteiger partial charge in [-0.1, -0.05) is 30.3 Å². The number of likely N-dealkylation sites (tertiary alicyclic amines) is 1. The van der Waals surface area contributed by atoms with Gasteiger partial charge in [0.1, 0.15) is 0 Å². The van der Waals surface area contributed by atoms with Gasteiger partial charge in [-0.15, -0.1) is 5.10 Å². The number of nitrogens with two attached hydrogens (primary N) is 1. The summed E-state index contributed by atoms with van der Waals surface area (Å²) in [5.41, 5.74) is 7.22. The van der Waals surface area contributed by atoms with E-state index in [0.29, 0.717) is 6.54 Å². The summed E-state index contributed by atoms with van der Waals surface area (Å²) in [4.78, 5) is 2.33. The molecular weight excluding hydrogens is 252 g/mol. The van der Waals surface area contributed by atoms with Crippen LogP contribution < -0.4 is 5.73 Å². The summed E-state index contributed by atoms with van der Waals surface area (Å²) in [5, 5.41) is 12.1. The van der Waals surface area contributed by atoms with E-state index in [-0.39, 0.29) is 6.04 Å². The van der Waals surface area contributed by atoms with Gasteiger partial charge in [0.15, 0.2) is 5.82 Å². The Kier molecular flexibility index (Phi) is 4.03. The lowest BCUT2D eigenvalue weighted by atomic mass is 10.1. The minimum absolute atomic E-state index is 0.280. The highest BCUT2D eigenvalue weighted by atomic mass is 15.5. The molecule has 1 atom stereocenters. The van der Waals surface area contributed by atoms with Crippen molar-refractivity contribution < 1.29 is 0 Å². The molecule has 0 amide bonds. The molecule has 1 aromatic carbocycles. The molecule has 2 N–H and O–H groups in total. The molecule has 1 aliphatic heterocycles. The summed E-state index contributed by atoms with van der Waals surface area (Å²) >= 11 is 0. The minimum atomic E-state index is 0.280. The van der Waals surface area contributed by atoms with Gasteiger partial charge in [-0.2, -0.15) is 0 Å². The third-order valence-electron chi connectivity index (χ3n) is 3.69. The molecular formula is C14H20N6. The standard InChI is InChI=1S/C14H20N6/c15-13-7-4-8-19(10-13)11-14-16-17-18-20(14)9-12-5-2-1-3-6-12/h1-3,5-6,13H,4,7-11,15H2/t13-/m1/s1. The van der Waals surface area contributed by atoms with Gasteiger partial charge in [0.2, 0.25) is 0 Å². The first-order chi connectivity index (χ1) is 9.81. The summed E-state index contributed by atoms with van der Waals surface area (Å²) in [6.45, 7) is 3.49. The highest BCUT2D eigenvalue weighted by Gasteiger charge is 2.19. The van der Waals surface area contributed by atoms with Crippen LogP contribution in [0.2, 0.25) is 0 Å². The van der Waals surface area contributed by atoms with E-state index in [1.807, 2.05) is 22.9 Å². The number of piperidine rings is 1. The van der Waals surface area contributed by atoms with Crippen molar-refractivity contribution >= 4 is 0 Å². The van der Waals surface area contributed by atoms with Crippen LogP contribution in [0.15, 0.2) is 30.3 Å². The van der Waals surface area contributed by atoms with Crippen LogP contribution in [0.4, 0.5) is 0 Å². The van der Waals surface area contributed by atoms with Gasteiger partial charge in [-0.3, -0.25) is 4.90 Å². The van der Waals surface area contributed by atoms with Crippen LogP contribution in [-0.4, -0.2) is 44.2 Å². The van der Waals surface area contributed by atoms with Gasteiger partial charge in [0.05, 0.1) is 13.1 Å². The van der Waals surface area contributed by atoms with Crippen LogP contribution in [0, 0.1) is 0 Å². The van der Waals surface area contributed by atoms with E-state index in [2.05, 4.69) is 32.6 Å². The second-order valence-corrected chi connectivity index (χ2v) is 5.38. The van der Waals surface area contributed by atoms with Crippen LogP contribution >= 0.6 is 0 Å². The Labute approximate surface area is 118 Å². The molecule has 2 heterocycles. The smallest absolute Gasteiger partial charge is 0.165 e. The van der Waals surface area contributed by atoms with Crippen molar-refractivity contribution in [2.24, 2.45) is 5.73 Å². The summed E-state index contributed by atoms with van der Waals surface area (Å²) < 4.78 is 1.87. The molecule has 1 aromatic heterocycles. The predicted molar refractivity (Wildman–Crippen MR) is 75.8 cm³/mol. The number of aromatic nitrogens is 4. The number of hydrogen-bond donors (Lipinski definition) is 1. The first kappa shape index (κ1) is 13.2. The van der Waals surface area contributed by atoms with Gasteiger partial charge < -0.3 is 5.73 Å². The van der Waals surface area contributed by atoms with Crippen LogP contribution in [0.3, 0.4) is 0 Å². The Hall–Kier alpha value is -1.79. The molecule has 6 heteroatoms. The Balaban J connectivity index is 1.67. The SMILES string of the molecule is N[C@@H]1CCCN(Cc2nnnn2Cc2ccccc2)C1. The fourth-order valence-corrected chi connectivity index (χ4v) is 2.65. The van der Waals surface area contributed by atoms with Crippen molar-refractivity contribution in [1.29, 1.82) is 0 Å². The Bertz CT molecular complexity index is 538. The third kappa shape index (κ3) is 3.20. The number of nitrogens with zero attached hydrogens (tertiary/aromatic N) is 5. The van der Waals surface area contributed by atoms with E-state index in [1.165, 1.54) is 5.56 Å². The molecule has 1 saturated heterocycles. The second kappa shape index (κ2) is 6.11. The second-order valence-electron chi connectivity index (χ2n) is 5.38. The van der Waals surface area contributed by atoms with Crippen LogP contribution in [0.25, 0.3) is 0 Å². The summed E-state index contributed by atoms with van der Waals surface area (Å²) in [6, 6.07) is 10.5. The van der Waals surface area contributed by atoms with Crippen molar-refractivity contribution in [3.8, 4) is 0 Å². The summed E-state index contributed by atoms with van der Waals surface area (Å²) in [5.74, 6) is 0.906. The van der Waals surface area contributed by atoms with Crippen molar-refractivity contribution in [3.63, 3.8) is 0 Å². The Morgan fingerprint density at radius 1 is 1.20 bits per heavy atom. The quantitative estimate of drug-likeness (QED) is 0.884. The summed E-state index contributed by atoms with van der Waals surface area (Å²) in [7, 11) is 0. The van der Waals surface area contributed by atoms with Crippen LogP contribution in [-0.2, 0) is 13.1 Å². The monoisotopic (exact) mass is 272 g/mol. The topological polar surface area (TPSA) is 72.9 Å². The molecule has 1 aliphatic rings. The van der Waals surface area contributed by atoms with E-state index in [4.69, 9.17) is 5.73 Å². The maximum absolute atomic E-state index is 6.02. The van der Waals surface area contributed by atoms with E-state index in [1.54, 1.807) is 0 Å². The fraction of sp³-hybridized carbons (Fsp3) is 0.500. The Morgan fingerprint density at radius 2 is 2.05 bits per heavy atom. The molecule has 0 spiro atoms. The fourth-order valence-electron chi connectivity index (χ4n) is 2.65. The molecule has 0 unspecified atom stereocenters. The van der Waals surface area contributed by atoms with Crippen LogP contribution in [0.1, 0.15) is 24.2 Å². The zero-order valence-electron chi connectivity index (χ0n) is 11.5. The van der Waals surface area contributed by atoms with E-state index in [0.717, 1.165) is 38.3 Å². The highest BCUT2D eigenvalue weighted by Crippen LogP contribution is 2.11. The minimum Gasteiger partial charge on any atom is -0.327 e. The van der Waals surface area contributed by atoms with E-state index >= 15 is 0 Å². The maximum atomic E-state index is 6.02. The molecule has 0 aliphatic carbocycles. The van der Waals surface area contributed by atoms with Crippen molar-refractivity contribution in [2.75, 3.05) is 13.1 Å². The zero-order chi connectivity index (χ0) is 13.8. The van der Waals surface area contributed by atoms with Crippen LogP contribution in [0.5, 0.6) is 0 Å². The molecule has 0 bridgehead atoms. The van der Waals surface area contributed by atoms with E-state index < -0.39 is 0 Å². The molecule has 0 saturated carbocycles. The third-order valence-corrected chi connectivity index (χ3v) is 3.69. The van der Waals surface area contributed by atoms with Crippen molar-refractivity contribution in [2.45, 2.75) is 32.0 Å². The van der Waals surface area contributed by atoms with Crippen molar-refractivity contribution in [3.05, 3.63) is 41.7 Å². The van der Waals surface area contributed by atoms with Gasteiger partial charge >= 0.3 is 0 Å². The normalized spacial score (nSPS) is 20.1. The molecule has 20 heavy (non-hydrogen) atoms. The average Bonchev–Trinajstić information content (AvgIpc) is 2.87. The maximum Gasteiger partial charge on any atom is 0.165 e. The molecule has 6 nitrogen and oxygen atoms in total. The lowest BCUT2D eigenvalue weighted by Gasteiger charge is -2.29. The average molecular weight is 272 g/mol. The largest absolute Gasteiger partial charge is 0.327 e. The molecule has 1 fully saturated rings. The van der Waals surface area contributed by atoms with Gasteiger partial charge in [0, 0.05) is 12.6 Å². The zero-order valence-corrected chi connectivity index (χ0v) is 11.5. The van der Waals surface area contributed by atoms with Crippen molar-refractivity contribution in [1.82, 2.24) is 25.1 Å². The molecule has 3 rings (SSSR count). The number of benzene rings is 1. The molecule has 106 valence electrons. The first-order valence-corrected chi connectivity index (χ1v) is 7.08. The highest BCUT2D eigenvalue weighted by molar-refractivity contribution is 5.14.